The predicted octanol–water partition coefficient (Wildman–Crippen LogP) is 2.63. The van der Waals surface area contributed by atoms with Crippen LogP contribution in [0.2, 0.25) is 0 Å². The van der Waals surface area contributed by atoms with E-state index in [0.29, 0.717) is 36.6 Å². The van der Waals surface area contributed by atoms with E-state index in [0.717, 1.165) is 0 Å². The molecule has 0 bridgehead atoms. The monoisotopic (exact) mass is 392 g/mol. The van der Waals surface area contributed by atoms with Crippen molar-refractivity contribution in [3.63, 3.8) is 0 Å². The molecular formula is C19H21FN2O4S. The van der Waals surface area contributed by atoms with Gasteiger partial charge in [-0.1, -0.05) is 18.2 Å². The Morgan fingerprint density at radius 2 is 2.00 bits per heavy atom. The van der Waals surface area contributed by atoms with Gasteiger partial charge in [0.1, 0.15) is 5.82 Å². The fraction of sp³-hybridized carbons (Fsp3) is 0.316. The number of halogens is 1. The number of hydrogen-bond acceptors (Lipinski definition) is 4. The van der Waals surface area contributed by atoms with Crippen LogP contribution in [0.4, 0.5) is 10.1 Å². The maximum Gasteiger partial charge on any atom is 0.254 e. The Hall–Kier alpha value is -2.45. The molecule has 6 nitrogen and oxygen atoms in total. The first-order valence-corrected chi connectivity index (χ1v) is 10.2. The van der Waals surface area contributed by atoms with Crippen LogP contribution in [0.1, 0.15) is 22.8 Å². The van der Waals surface area contributed by atoms with Crippen molar-refractivity contribution in [1.82, 2.24) is 4.90 Å². The van der Waals surface area contributed by atoms with Crippen molar-refractivity contribution >= 4 is 21.6 Å². The van der Waals surface area contributed by atoms with Gasteiger partial charge in [0.25, 0.3) is 5.91 Å². The van der Waals surface area contributed by atoms with Gasteiger partial charge in [-0.2, -0.15) is 0 Å². The van der Waals surface area contributed by atoms with Gasteiger partial charge in [-0.05, 0) is 42.8 Å². The number of sulfonamides is 1. The first kappa shape index (κ1) is 19.3. The first-order valence-electron chi connectivity index (χ1n) is 8.58. The highest BCUT2D eigenvalue weighted by Crippen LogP contribution is 2.18. The Kier molecular flexibility index (Phi) is 5.76. The number of anilines is 1. The number of benzene rings is 2. The summed E-state index contributed by atoms with van der Waals surface area (Å²) < 4.78 is 45.5. The molecule has 8 heteroatoms. The zero-order valence-corrected chi connectivity index (χ0v) is 15.7. The Morgan fingerprint density at radius 3 is 2.70 bits per heavy atom. The summed E-state index contributed by atoms with van der Waals surface area (Å²) in [4.78, 5) is 14.4. The number of rotatable bonds is 5. The maximum absolute atomic E-state index is 13.0. The molecule has 0 spiro atoms. The normalized spacial score (nSPS) is 17.6. The molecule has 3 rings (SSSR count). The summed E-state index contributed by atoms with van der Waals surface area (Å²) in [5.41, 5.74) is 1.19. The van der Waals surface area contributed by atoms with Crippen LogP contribution < -0.4 is 4.72 Å². The van der Waals surface area contributed by atoms with Crippen molar-refractivity contribution in [2.75, 3.05) is 24.5 Å². The predicted molar refractivity (Wildman–Crippen MR) is 100 cm³/mol. The lowest BCUT2D eigenvalue weighted by Crippen LogP contribution is -2.47. The summed E-state index contributed by atoms with van der Waals surface area (Å²) in [6.07, 6.45) is 0. The molecule has 0 unspecified atom stereocenters. The number of carbonyl (C=O) groups excluding carboxylic acids is 1. The van der Waals surface area contributed by atoms with E-state index in [9.17, 15) is 17.6 Å². The Labute approximate surface area is 158 Å². The van der Waals surface area contributed by atoms with Crippen molar-refractivity contribution in [3.8, 4) is 0 Å². The summed E-state index contributed by atoms with van der Waals surface area (Å²) in [6.45, 7) is 3.38. The molecule has 1 atom stereocenters. The Balaban J connectivity index is 1.73. The highest BCUT2D eigenvalue weighted by atomic mass is 32.2. The van der Waals surface area contributed by atoms with Gasteiger partial charge in [0.2, 0.25) is 10.0 Å². The minimum absolute atomic E-state index is 0.0370. The smallest absolute Gasteiger partial charge is 0.254 e. The second-order valence-corrected chi connectivity index (χ2v) is 8.21. The average Bonchev–Trinajstić information content (AvgIpc) is 2.63. The lowest BCUT2D eigenvalue weighted by molar-refractivity contribution is 0.00360. The van der Waals surface area contributed by atoms with Gasteiger partial charge in [-0.25, -0.2) is 12.8 Å². The lowest BCUT2D eigenvalue weighted by Gasteiger charge is -2.33. The van der Waals surface area contributed by atoms with E-state index in [4.69, 9.17) is 4.74 Å². The molecule has 1 fully saturated rings. The molecule has 27 heavy (non-hydrogen) atoms. The van der Waals surface area contributed by atoms with Gasteiger partial charge in [0.05, 0.1) is 25.0 Å². The average molecular weight is 392 g/mol. The van der Waals surface area contributed by atoms with Gasteiger partial charge in [-0.15, -0.1) is 0 Å². The van der Waals surface area contributed by atoms with Crippen molar-refractivity contribution in [2.24, 2.45) is 0 Å². The molecule has 1 aliphatic rings. The minimum Gasteiger partial charge on any atom is -0.377 e. The van der Waals surface area contributed by atoms with E-state index in [1.807, 2.05) is 6.92 Å². The molecule has 0 aromatic heterocycles. The molecule has 1 N–H and O–H groups in total. The topological polar surface area (TPSA) is 75.7 Å². The van der Waals surface area contributed by atoms with Crippen molar-refractivity contribution in [3.05, 3.63) is 65.5 Å². The third-order valence-electron chi connectivity index (χ3n) is 4.28. The van der Waals surface area contributed by atoms with Crippen LogP contribution in [0.25, 0.3) is 0 Å². The molecule has 0 radical (unpaired) electrons. The van der Waals surface area contributed by atoms with E-state index >= 15 is 0 Å². The lowest BCUT2D eigenvalue weighted by atomic mass is 10.1. The number of carbonyl (C=O) groups is 1. The number of nitrogens with zero attached hydrogens (tertiary/aromatic N) is 1. The SMILES string of the molecule is C[C@@H]1COCCN1C(=O)c1cccc(NS(=O)(=O)Cc2ccc(F)cc2)c1. The van der Waals surface area contributed by atoms with Crippen LogP contribution in [0, 0.1) is 5.82 Å². The van der Waals surface area contributed by atoms with Crippen molar-refractivity contribution in [1.29, 1.82) is 0 Å². The molecular weight excluding hydrogens is 371 g/mol. The molecule has 0 saturated carbocycles. The van der Waals surface area contributed by atoms with E-state index < -0.39 is 15.8 Å². The van der Waals surface area contributed by atoms with Gasteiger partial charge < -0.3 is 9.64 Å². The molecule has 1 heterocycles. The number of hydrogen-bond donors (Lipinski definition) is 1. The van der Waals surface area contributed by atoms with Gasteiger partial charge in [0.15, 0.2) is 0 Å². The summed E-state index contributed by atoms with van der Waals surface area (Å²) in [6, 6.07) is 11.6. The van der Waals surface area contributed by atoms with Gasteiger partial charge in [0, 0.05) is 17.8 Å². The second-order valence-electron chi connectivity index (χ2n) is 6.49. The summed E-state index contributed by atoms with van der Waals surface area (Å²) in [5, 5.41) is 0. The minimum atomic E-state index is -3.70. The van der Waals surface area contributed by atoms with Crippen LogP contribution in [0.5, 0.6) is 0 Å². The molecule has 144 valence electrons. The standard InChI is InChI=1S/C19H21FN2O4S/c1-14-12-26-10-9-22(14)19(23)16-3-2-4-18(11-16)21-27(24,25)13-15-5-7-17(20)8-6-15/h2-8,11,14,21H,9-10,12-13H2,1H3/t14-/m1/s1. The molecule has 2 aromatic rings. The van der Waals surface area contributed by atoms with Crippen molar-refractivity contribution in [2.45, 2.75) is 18.7 Å². The van der Waals surface area contributed by atoms with E-state index in [-0.39, 0.29) is 17.7 Å². The van der Waals surface area contributed by atoms with Gasteiger partial charge >= 0.3 is 0 Å². The highest BCUT2D eigenvalue weighted by molar-refractivity contribution is 7.91. The Bertz CT molecular complexity index is 916. The van der Waals surface area contributed by atoms with Crippen LogP contribution in [-0.2, 0) is 20.5 Å². The third-order valence-corrected chi connectivity index (χ3v) is 5.54. The number of morpholine rings is 1. The number of nitrogens with one attached hydrogen (secondary N) is 1. The fourth-order valence-corrected chi connectivity index (χ4v) is 4.12. The Morgan fingerprint density at radius 1 is 1.26 bits per heavy atom. The molecule has 1 aliphatic heterocycles. The zero-order valence-electron chi connectivity index (χ0n) is 14.9. The molecule has 1 amide bonds. The van der Waals surface area contributed by atoms with Gasteiger partial charge in [-0.3, -0.25) is 9.52 Å². The molecule has 1 saturated heterocycles. The molecule has 2 aromatic carbocycles. The largest absolute Gasteiger partial charge is 0.377 e. The van der Waals surface area contributed by atoms with Crippen LogP contribution in [0.15, 0.2) is 48.5 Å². The highest BCUT2D eigenvalue weighted by Gasteiger charge is 2.25. The van der Waals surface area contributed by atoms with Crippen molar-refractivity contribution < 1.29 is 22.3 Å². The fourth-order valence-electron chi connectivity index (χ4n) is 2.93. The van der Waals surface area contributed by atoms with Crippen LogP contribution >= 0.6 is 0 Å². The number of amides is 1. The van der Waals surface area contributed by atoms with E-state index in [2.05, 4.69) is 4.72 Å². The number of ether oxygens (including phenoxy) is 1. The molecule has 0 aliphatic carbocycles. The first-order chi connectivity index (χ1) is 12.8. The third kappa shape index (κ3) is 5.05. The summed E-state index contributed by atoms with van der Waals surface area (Å²) >= 11 is 0. The summed E-state index contributed by atoms with van der Waals surface area (Å²) in [5.74, 6) is -0.871. The second kappa shape index (κ2) is 8.06. The van der Waals surface area contributed by atoms with Crippen LogP contribution in [-0.4, -0.2) is 45.0 Å². The quantitative estimate of drug-likeness (QED) is 0.849. The van der Waals surface area contributed by atoms with E-state index in [1.165, 1.54) is 30.3 Å². The van der Waals surface area contributed by atoms with E-state index in [1.54, 1.807) is 23.1 Å². The summed E-state index contributed by atoms with van der Waals surface area (Å²) in [7, 11) is -3.70. The zero-order chi connectivity index (χ0) is 19.4. The maximum atomic E-state index is 13.0. The van der Waals surface area contributed by atoms with Crippen LogP contribution in [0.3, 0.4) is 0 Å².